The highest BCUT2D eigenvalue weighted by atomic mass is 19.1. The summed E-state index contributed by atoms with van der Waals surface area (Å²) in [4.78, 5) is 22.6. The van der Waals surface area contributed by atoms with Gasteiger partial charge in [0.15, 0.2) is 5.60 Å². The van der Waals surface area contributed by atoms with Crippen molar-refractivity contribution < 1.29 is 28.9 Å². The van der Waals surface area contributed by atoms with Crippen LogP contribution in [0.2, 0.25) is 0 Å². The molecule has 114 valence electrons. The molecule has 1 atom stereocenters. The van der Waals surface area contributed by atoms with Gasteiger partial charge in [0.2, 0.25) is 0 Å². The summed E-state index contributed by atoms with van der Waals surface area (Å²) < 4.78 is 17.6. The molecule has 1 aromatic carbocycles. The van der Waals surface area contributed by atoms with Gasteiger partial charge in [-0.1, -0.05) is 18.2 Å². The number of carboxylic acids is 1. The number of halogens is 1. The van der Waals surface area contributed by atoms with Crippen molar-refractivity contribution in [3.05, 3.63) is 41.7 Å². The number of carboxylic acid groups (broad SMARTS) is 1. The fourth-order valence-electron chi connectivity index (χ4n) is 1.55. The summed E-state index contributed by atoms with van der Waals surface area (Å²) in [7, 11) is 0. The molecule has 0 amide bonds. The molecule has 0 aliphatic heterocycles. The molecular formula is C15H17FO5. The van der Waals surface area contributed by atoms with Crippen LogP contribution in [-0.2, 0) is 14.3 Å². The second-order valence-electron chi connectivity index (χ2n) is 4.83. The smallest absolute Gasteiger partial charge is 0.343 e. The van der Waals surface area contributed by atoms with E-state index in [2.05, 4.69) is 0 Å². The van der Waals surface area contributed by atoms with Crippen LogP contribution < -0.4 is 0 Å². The zero-order valence-corrected chi connectivity index (χ0v) is 11.7. The predicted molar refractivity (Wildman–Crippen MR) is 73.9 cm³/mol. The van der Waals surface area contributed by atoms with Crippen molar-refractivity contribution in [3.8, 4) is 0 Å². The first kappa shape index (κ1) is 16.8. The molecule has 2 N–H and O–H groups in total. The number of aliphatic carboxylic acids is 1. The van der Waals surface area contributed by atoms with Crippen molar-refractivity contribution in [2.45, 2.75) is 32.0 Å². The van der Waals surface area contributed by atoms with Crippen LogP contribution in [0.15, 0.2) is 30.3 Å². The minimum atomic E-state index is -2.27. The van der Waals surface area contributed by atoms with E-state index in [9.17, 15) is 19.1 Å². The van der Waals surface area contributed by atoms with Gasteiger partial charge in [-0.05, 0) is 37.6 Å². The molecule has 0 radical (unpaired) electrons. The molecule has 0 aromatic heterocycles. The monoisotopic (exact) mass is 296 g/mol. The van der Waals surface area contributed by atoms with Gasteiger partial charge in [0.05, 0.1) is 12.5 Å². The summed E-state index contributed by atoms with van der Waals surface area (Å²) in [6.45, 7) is 3.17. The number of ether oxygens (including phenoxy) is 1. The third kappa shape index (κ3) is 5.35. The summed E-state index contributed by atoms with van der Waals surface area (Å²) in [5, 5.41) is 19.0. The van der Waals surface area contributed by atoms with Gasteiger partial charge in [-0.2, -0.15) is 0 Å². The SMILES string of the molecule is CC(C)OC(=O)C(O)(/C=C/c1ccc(F)cc1)CC(=O)O. The molecule has 0 spiro atoms. The van der Waals surface area contributed by atoms with Crippen molar-refractivity contribution in [2.24, 2.45) is 0 Å². The Morgan fingerprint density at radius 2 is 1.90 bits per heavy atom. The quantitative estimate of drug-likeness (QED) is 0.784. The zero-order chi connectivity index (χ0) is 16.0. The van der Waals surface area contributed by atoms with Gasteiger partial charge >= 0.3 is 11.9 Å². The number of hydrogen-bond acceptors (Lipinski definition) is 4. The van der Waals surface area contributed by atoms with Gasteiger partial charge in [0, 0.05) is 0 Å². The van der Waals surface area contributed by atoms with E-state index in [1.165, 1.54) is 30.3 Å². The van der Waals surface area contributed by atoms with E-state index < -0.39 is 35.9 Å². The first-order valence-corrected chi connectivity index (χ1v) is 6.33. The van der Waals surface area contributed by atoms with Crippen LogP contribution in [0, 0.1) is 5.82 Å². The number of aliphatic hydroxyl groups is 1. The van der Waals surface area contributed by atoms with E-state index in [0.717, 1.165) is 6.08 Å². The predicted octanol–water partition coefficient (Wildman–Crippen LogP) is 2.00. The lowest BCUT2D eigenvalue weighted by Gasteiger charge is -2.22. The summed E-state index contributed by atoms with van der Waals surface area (Å²) in [5.41, 5.74) is -1.76. The normalized spacial score (nSPS) is 14.1. The Morgan fingerprint density at radius 3 is 2.38 bits per heavy atom. The summed E-state index contributed by atoms with van der Waals surface area (Å²) in [6, 6.07) is 5.28. The Morgan fingerprint density at radius 1 is 1.33 bits per heavy atom. The molecule has 0 aliphatic carbocycles. The first-order valence-electron chi connectivity index (χ1n) is 6.33. The van der Waals surface area contributed by atoms with E-state index in [4.69, 9.17) is 9.84 Å². The molecule has 6 heteroatoms. The number of hydrogen-bond donors (Lipinski definition) is 2. The van der Waals surface area contributed by atoms with Gasteiger partial charge in [-0.15, -0.1) is 0 Å². The molecule has 1 unspecified atom stereocenters. The van der Waals surface area contributed by atoms with E-state index in [0.29, 0.717) is 5.56 Å². The summed E-state index contributed by atoms with van der Waals surface area (Å²) in [6.07, 6.45) is 1.07. The standard InChI is InChI=1S/C15H17FO5/c1-10(2)21-14(19)15(20,9-13(17)18)8-7-11-3-5-12(16)6-4-11/h3-8,10,20H,9H2,1-2H3,(H,17,18)/b8-7+. The Hall–Kier alpha value is -2.21. The van der Waals surface area contributed by atoms with E-state index in [1.807, 2.05) is 0 Å². The van der Waals surface area contributed by atoms with Gasteiger partial charge in [-0.25, -0.2) is 9.18 Å². The van der Waals surface area contributed by atoms with Crippen molar-refractivity contribution in [3.63, 3.8) is 0 Å². The minimum Gasteiger partial charge on any atom is -0.481 e. The highest BCUT2D eigenvalue weighted by molar-refractivity contribution is 5.88. The van der Waals surface area contributed by atoms with Crippen LogP contribution in [0.5, 0.6) is 0 Å². The van der Waals surface area contributed by atoms with Crippen molar-refractivity contribution in [1.82, 2.24) is 0 Å². The summed E-state index contributed by atoms with van der Waals surface area (Å²) in [5.74, 6) is -2.81. The highest BCUT2D eigenvalue weighted by Crippen LogP contribution is 2.18. The first-order chi connectivity index (χ1) is 9.73. The van der Waals surface area contributed by atoms with Crippen LogP contribution in [0.4, 0.5) is 4.39 Å². The van der Waals surface area contributed by atoms with Crippen molar-refractivity contribution in [1.29, 1.82) is 0 Å². The minimum absolute atomic E-state index is 0.424. The number of carbonyl (C=O) groups is 2. The van der Waals surface area contributed by atoms with Gasteiger partial charge in [-0.3, -0.25) is 4.79 Å². The zero-order valence-electron chi connectivity index (χ0n) is 11.7. The van der Waals surface area contributed by atoms with Crippen LogP contribution in [0.25, 0.3) is 6.08 Å². The molecular weight excluding hydrogens is 279 g/mol. The maximum Gasteiger partial charge on any atom is 0.343 e. The van der Waals surface area contributed by atoms with Crippen LogP contribution >= 0.6 is 0 Å². The largest absolute Gasteiger partial charge is 0.481 e. The van der Waals surface area contributed by atoms with E-state index in [-0.39, 0.29) is 0 Å². The molecule has 0 heterocycles. The second kappa shape index (κ2) is 6.99. The van der Waals surface area contributed by atoms with Gasteiger partial charge in [0.1, 0.15) is 5.82 Å². The van der Waals surface area contributed by atoms with Crippen molar-refractivity contribution >= 4 is 18.0 Å². The third-order valence-electron chi connectivity index (χ3n) is 2.54. The second-order valence-corrected chi connectivity index (χ2v) is 4.83. The van der Waals surface area contributed by atoms with Crippen LogP contribution in [-0.4, -0.2) is 33.9 Å². The molecule has 1 rings (SSSR count). The number of rotatable bonds is 6. The molecule has 21 heavy (non-hydrogen) atoms. The Balaban J connectivity index is 2.98. The van der Waals surface area contributed by atoms with Gasteiger partial charge < -0.3 is 14.9 Å². The number of benzene rings is 1. The molecule has 0 saturated heterocycles. The fraction of sp³-hybridized carbons (Fsp3) is 0.333. The molecule has 0 fully saturated rings. The highest BCUT2D eigenvalue weighted by Gasteiger charge is 2.38. The maximum atomic E-state index is 12.8. The number of esters is 1. The Bertz CT molecular complexity index is 535. The van der Waals surface area contributed by atoms with Crippen molar-refractivity contribution in [2.75, 3.05) is 0 Å². The summed E-state index contributed by atoms with van der Waals surface area (Å²) >= 11 is 0. The fourth-order valence-corrected chi connectivity index (χ4v) is 1.55. The lowest BCUT2D eigenvalue weighted by Crippen LogP contribution is -2.41. The topological polar surface area (TPSA) is 83.8 Å². The third-order valence-corrected chi connectivity index (χ3v) is 2.54. The van der Waals surface area contributed by atoms with E-state index in [1.54, 1.807) is 13.8 Å². The molecule has 0 bridgehead atoms. The molecule has 5 nitrogen and oxygen atoms in total. The molecule has 0 saturated carbocycles. The maximum absolute atomic E-state index is 12.8. The van der Waals surface area contributed by atoms with Crippen LogP contribution in [0.1, 0.15) is 25.8 Å². The van der Waals surface area contributed by atoms with E-state index >= 15 is 0 Å². The average Bonchev–Trinajstić information content (AvgIpc) is 2.36. The Kier molecular flexibility index (Phi) is 5.60. The Labute approximate surface area is 121 Å². The molecule has 0 aliphatic rings. The molecule has 1 aromatic rings. The number of carbonyl (C=O) groups excluding carboxylic acids is 1. The lowest BCUT2D eigenvalue weighted by molar-refractivity contribution is -0.169. The van der Waals surface area contributed by atoms with Crippen LogP contribution in [0.3, 0.4) is 0 Å². The lowest BCUT2D eigenvalue weighted by atomic mass is 9.98. The average molecular weight is 296 g/mol. The van der Waals surface area contributed by atoms with Gasteiger partial charge in [0.25, 0.3) is 0 Å².